The lowest BCUT2D eigenvalue weighted by Gasteiger charge is -2.09. The Hall–Kier alpha value is -2.73. The molecule has 1 heterocycles. The largest absolute Gasteiger partial charge is 0.454 e. The summed E-state index contributed by atoms with van der Waals surface area (Å²) >= 11 is 6.02. The second kappa shape index (κ2) is 7.44. The van der Waals surface area contributed by atoms with Gasteiger partial charge >= 0.3 is 5.97 Å². The summed E-state index contributed by atoms with van der Waals surface area (Å²) in [5.74, 6) is -0.271. The minimum Gasteiger partial charge on any atom is -0.454 e. The average Bonchev–Trinajstić information content (AvgIpc) is 3.08. The molecule has 1 aliphatic rings. The van der Waals surface area contributed by atoms with Crippen molar-refractivity contribution >= 4 is 23.5 Å². The Balaban J connectivity index is 1.53. The van der Waals surface area contributed by atoms with Crippen molar-refractivity contribution in [3.05, 3.63) is 58.1 Å². The molecule has 2 aromatic rings. The molecule has 2 aromatic carbocycles. The molecule has 1 aliphatic heterocycles. The van der Waals surface area contributed by atoms with Gasteiger partial charge in [-0.2, -0.15) is 0 Å². The number of amides is 1. The number of carbonyl (C=O) groups excluding carboxylic acids is 2. The summed E-state index contributed by atoms with van der Waals surface area (Å²) in [5, 5.41) is 2.97. The van der Waals surface area contributed by atoms with Gasteiger partial charge in [-0.05, 0) is 30.2 Å². The summed E-state index contributed by atoms with van der Waals surface area (Å²) in [6.07, 6.45) is 0. The molecule has 0 atom stereocenters. The Morgan fingerprint density at radius 1 is 1.24 bits per heavy atom. The highest BCUT2D eigenvalue weighted by Crippen LogP contribution is 2.39. The maximum atomic E-state index is 12.1. The van der Waals surface area contributed by atoms with E-state index in [1.54, 1.807) is 0 Å². The van der Waals surface area contributed by atoms with Gasteiger partial charge in [0.25, 0.3) is 5.91 Å². The van der Waals surface area contributed by atoms with Crippen LogP contribution in [-0.4, -0.2) is 25.3 Å². The molecule has 7 heteroatoms. The molecular weight excluding hydrogens is 346 g/mol. The van der Waals surface area contributed by atoms with E-state index in [1.165, 1.54) is 12.1 Å². The fraction of sp³-hybridized carbons (Fsp3) is 0.222. The summed E-state index contributed by atoms with van der Waals surface area (Å²) < 4.78 is 15.4. The van der Waals surface area contributed by atoms with Gasteiger partial charge in [0.05, 0.1) is 10.6 Å². The lowest BCUT2D eigenvalue weighted by molar-refractivity contribution is -0.124. The Labute approximate surface area is 149 Å². The molecule has 0 saturated heterocycles. The van der Waals surface area contributed by atoms with E-state index in [2.05, 4.69) is 5.32 Å². The van der Waals surface area contributed by atoms with E-state index in [9.17, 15) is 9.59 Å². The first kappa shape index (κ1) is 17.1. The van der Waals surface area contributed by atoms with E-state index < -0.39 is 5.97 Å². The van der Waals surface area contributed by atoms with Crippen molar-refractivity contribution in [3.8, 4) is 11.5 Å². The van der Waals surface area contributed by atoms with Crippen LogP contribution < -0.4 is 14.8 Å². The van der Waals surface area contributed by atoms with Gasteiger partial charge in [0.2, 0.25) is 6.79 Å². The average molecular weight is 362 g/mol. The Kier molecular flexibility index (Phi) is 5.09. The molecular formula is C18H16ClNO5. The fourth-order valence-electron chi connectivity index (χ4n) is 2.35. The number of fused-ring (bicyclic) bond motifs is 1. The van der Waals surface area contributed by atoms with Crippen LogP contribution in [0.2, 0.25) is 5.02 Å². The predicted molar refractivity (Wildman–Crippen MR) is 90.9 cm³/mol. The van der Waals surface area contributed by atoms with Crippen LogP contribution >= 0.6 is 11.6 Å². The van der Waals surface area contributed by atoms with Crippen LogP contribution in [-0.2, 0) is 16.1 Å². The van der Waals surface area contributed by atoms with Crippen LogP contribution in [0, 0.1) is 6.92 Å². The third kappa shape index (κ3) is 4.03. The maximum Gasteiger partial charge on any atom is 0.338 e. The summed E-state index contributed by atoms with van der Waals surface area (Å²) in [6.45, 7) is 2.01. The van der Waals surface area contributed by atoms with E-state index >= 15 is 0 Å². The lowest BCUT2D eigenvalue weighted by atomic mass is 10.1. The lowest BCUT2D eigenvalue weighted by Crippen LogP contribution is -2.28. The van der Waals surface area contributed by atoms with Gasteiger partial charge in [-0.3, -0.25) is 4.79 Å². The van der Waals surface area contributed by atoms with Crippen LogP contribution in [0.1, 0.15) is 21.5 Å². The monoisotopic (exact) mass is 361 g/mol. The number of carbonyl (C=O) groups is 2. The van der Waals surface area contributed by atoms with Gasteiger partial charge in [0, 0.05) is 6.54 Å². The number of esters is 1. The zero-order valence-electron chi connectivity index (χ0n) is 13.5. The minimum absolute atomic E-state index is 0.0505. The number of benzene rings is 2. The summed E-state index contributed by atoms with van der Waals surface area (Å²) in [5.41, 5.74) is 2.28. The van der Waals surface area contributed by atoms with Gasteiger partial charge in [0.1, 0.15) is 0 Å². The summed E-state index contributed by atoms with van der Waals surface area (Å²) in [4.78, 5) is 23.9. The molecule has 0 unspecified atom stereocenters. The third-order valence-corrected chi connectivity index (χ3v) is 4.02. The maximum absolute atomic E-state index is 12.1. The summed E-state index contributed by atoms with van der Waals surface area (Å²) in [6, 6.07) is 10.6. The first-order valence-corrected chi connectivity index (χ1v) is 8.00. The molecule has 1 N–H and O–H groups in total. The summed E-state index contributed by atoms with van der Waals surface area (Å²) in [7, 11) is 0. The van der Waals surface area contributed by atoms with Crippen LogP contribution in [0.15, 0.2) is 36.4 Å². The second-order valence-corrected chi connectivity index (χ2v) is 5.88. The fourth-order valence-corrected chi connectivity index (χ4v) is 2.62. The van der Waals surface area contributed by atoms with Crippen LogP contribution in [0.3, 0.4) is 0 Å². The molecule has 130 valence electrons. The van der Waals surface area contributed by atoms with Crippen molar-refractivity contribution in [1.29, 1.82) is 0 Å². The van der Waals surface area contributed by atoms with Crippen molar-refractivity contribution < 1.29 is 23.8 Å². The smallest absolute Gasteiger partial charge is 0.338 e. The number of hydrogen-bond acceptors (Lipinski definition) is 5. The van der Waals surface area contributed by atoms with Crippen LogP contribution in [0.5, 0.6) is 11.5 Å². The molecule has 0 fully saturated rings. The number of halogens is 1. The van der Waals surface area contributed by atoms with Crippen molar-refractivity contribution in [2.45, 2.75) is 13.5 Å². The standard InChI is InChI=1S/C18H16ClNO5/c1-11-4-2-3-5-12(11)8-20-16(21)9-23-18(22)13-6-14(19)17-15(7-13)24-10-25-17/h2-7H,8-10H2,1H3,(H,20,21). The normalized spacial score (nSPS) is 11.9. The molecule has 1 amide bonds. The molecule has 6 nitrogen and oxygen atoms in total. The molecule has 0 bridgehead atoms. The number of aryl methyl sites for hydroxylation is 1. The van der Waals surface area contributed by atoms with E-state index in [-0.39, 0.29) is 29.9 Å². The highest BCUT2D eigenvalue weighted by atomic mass is 35.5. The van der Waals surface area contributed by atoms with Crippen LogP contribution in [0.25, 0.3) is 0 Å². The van der Waals surface area contributed by atoms with E-state index in [1.807, 2.05) is 31.2 Å². The Morgan fingerprint density at radius 3 is 2.84 bits per heavy atom. The quantitative estimate of drug-likeness (QED) is 0.829. The van der Waals surface area contributed by atoms with Gasteiger partial charge in [-0.1, -0.05) is 35.9 Å². The van der Waals surface area contributed by atoms with E-state index in [4.69, 9.17) is 25.8 Å². The molecule has 25 heavy (non-hydrogen) atoms. The van der Waals surface area contributed by atoms with Crippen molar-refractivity contribution in [3.63, 3.8) is 0 Å². The number of rotatable bonds is 5. The minimum atomic E-state index is -0.661. The van der Waals surface area contributed by atoms with Gasteiger partial charge in [-0.25, -0.2) is 4.79 Å². The van der Waals surface area contributed by atoms with E-state index in [0.29, 0.717) is 18.0 Å². The zero-order chi connectivity index (χ0) is 17.8. The molecule has 0 aliphatic carbocycles. The second-order valence-electron chi connectivity index (χ2n) is 5.47. The SMILES string of the molecule is Cc1ccccc1CNC(=O)COC(=O)c1cc(Cl)c2c(c1)OCO2. The topological polar surface area (TPSA) is 73.9 Å². The zero-order valence-corrected chi connectivity index (χ0v) is 14.3. The first-order chi connectivity index (χ1) is 12.0. The molecule has 0 aromatic heterocycles. The highest BCUT2D eigenvalue weighted by molar-refractivity contribution is 6.32. The van der Waals surface area contributed by atoms with Gasteiger partial charge in [-0.15, -0.1) is 0 Å². The Bertz CT molecular complexity index is 821. The Morgan fingerprint density at radius 2 is 2.04 bits per heavy atom. The molecule has 0 radical (unpaired) electrons. The van der Waals surface area contributed by atoms with E-state index in [0.717, 1.165) is 11.1 Å². The number of ether oxygens (including phenoxy) is 3. The number of nitrogens with one attached hydrogen (secondary N) is 1. The van der Waals surface area contributed by atoms with Gasteiger partial charge in [0.15, 0.2) is 18.1 Å². The first-order valence-electron chi connectivity index (χ1n) is 7.62. The third-order valence-electron chi connectivity index (χ3n) is 3.73. The van der Waals surface area contributed by atoms with Gasteiger partial charge < -0.3 is 19.5 Å². The molecule has 3 rings (SSSR count). The van der Waals surface area contributed by atoms with Crippen LogP contribution in [0.4, 0.5) is 0 Å². The number of hydrogen-bond donors (Lipinski definition) is 1. The van der Waals surface area contributed by atoms with Crippen molar-refractivity contribution in [2.24, 2.45) is 0 Å². The van der Waals surface area contributed by atoms with Crippen molar-refractivity contribution in [1.82, 2.24) is 5.32 Å². The molecule has 0 spiro atoms. The predicted octanol–water partition coefficient (Wildman–Crippen LogP) is 2.85. The highest BCUT2D eigenvalue weighted by Gasteiger charge is 2.21. The molecule has 0 saturated carbocycles. The van der Waals surface area contributed by atoms with Crippen molar-refractivity contribution in [2.75, 3.05) is 13.4 Å².